The van der Waals surface area contributed by atoms with Gasteiger partial charge in [-0.3, -0.25) is 0 Å². The van der Waals surface area contributed by atoms with Gasteiger partial charge in [0, 0.05) is 11.1 Å². The molecule has 0 amide bonds. The molecule has 1 aromatic heterocycles. The first-order valence-corrected chi connectivity index (χ1v) is 9.75. The van der Waals surface area contributed by atoms with Gasteiger partial charge < -0.3 is 9.47 Å². The van der Waals surface area contributed by atoms with Crippen molar-refractivity contribution in [2.75, 3.05) is 6.79 Å². The molecule has 26 heavy (non-hydrogen) atoms. The van der Waals surface area contributed by atoms with Crippen molar-refractivity contribution in [2.45, 2.75) is 40.0 Å². The zero-order valence-corrected chi connectivity index (χ0v) is 16.2. The van der Waals surface area contributed by atoms with Gasteiger partial charge in [-0.05, 0) is 59.9 Å². The second-order valence-electron chi connectivity index (χ2n) is 7.97. The number of nitriles is 1. The number of nitrogens with zero attached hydrogens (tertiary/aromatic N) is 2. The van der Waals surface area contributed by atoms with Crippen LogP contribution in [0.2, 0.25) is 0 Å². The maximum atomic E-state index is 9.66. The van der Waals surface area contributed by atoms with Crippen molar-refractivity contribution in [3.63, 3.8) is 0 Å². The SMILES string of the molecule is CC(C)(C)[C@@H]1CCc2c(sc(N=Cc3ccc4c(c3)OCO4)c2C#N)C1. The molecule has 2 aliphatic rings. The van der Waals surface area contributed by atoms with E-state index in [4.69, 9.17) is 9.47 Å². The van der Waals surface area contributed by atoms with E-state index >= 15 is 0 Å². The molecule has 1 aliphatic carbocycles. The van der Waals surface area contributed by atoms with E-state index in [1.54, 1.807) is 17.6 Å². The summed E-state index contributed by atoms with van der Waals surface area (Å²) in [5.41, 5.74) is 3.21. The van der Waals surface area contributed by atoms with E-state index in [0.717, 1.165) is 46.9 Å². The monoisotopic (exact) mass is 366 g/mol. The summed E-state index contributed by atoms with van der Waals surface area (Å²) >= 11 is 1.67. The van der Waals surface area contributed by atoms with Crippen LogP contribution in [0.1, 0.15) is 48.8 Å². The number of aliphatic imine (C=N–C) groups is 1. The maximum Gasteiger partial charge on any atom is 0.231 e. The molecule has 5 heteroatoms. The Balaban J connectivity index is 1.62. The summed E-state index contributed by atoms with van der Waals surface area (Å²) in [5.74, 6) is 2.17. The lowest BCUT2D eigenvalue weighted by atomic mass is 9.72. The predicted molar refractivity (Wildman–Crippen MR) is 104 cm³/mol. The molecule has 4 nitrogen and oxygen atoms in total. The zero-order chi connectivity index (χ0) is 18.3. The van der Waals surface area contributed by atoms with Crippen LogP contribution in [0.5, 0.6) is 11.5 Å². The van der Waals surface area contributed by atoms with Crippen LogP contribution < -0.4 is 9.47 Å². The Morgan fingerprint density at radius 3 is 2.85 bits per heavy atom. The molecule has 0 unspecified atom stereocenters. The molecule has 1 atom stereocenters. The molecule has 2 heterocycles. The molecular weight excluding hydrogens is 344 g/mol. The normalized spacial score (nSPS) is 18.8. The fourth-order valence-electron chi connectivity index (χ4n) is 3.64. The third-order valence-electron chi connectivity index (χ3n) is 5.31. The summed E-state index contributed by atoms with van der Waals surface area (Å²) in [6.45, 7) is 7.18. The van der Waals surface area contributed by atoms with Gasteiger partial charge in [0.2, 0.25) is 6.79 Å². The molecule has 2 aromatic rings. The lowest BCUT2D eigenvalue weighted by molar-refractivity contribution is 0.174. The highest BCUT2D eigenvalue weighted by atomic mass is 32.1. The lowest BCUT2D eigenvalue weighted by Gasteiger charge is -2.33. The van der Waals surface area contributed by atoms with E-state index in [2.05, 4.69) is 31.8 Å². The molecule has 0 saturated carbocycles. The number of ether oxygens (including phenoxy) is 2. The fourth-order valence-corrected chi connectivity index (χ4v) is 4.87. The highest BCUT2D eigenvalue weighted by Crippen LogP contribution is 2.45. The average molecular weight is 366 g/mol. The van der Waals surface area contributed by atoms with Crippen LogP contribution in [0.3, 0.4) is 0 Å². The van der Waals surface area contributed by atoms with E-state index in [-0.39, 0.29) is 6.79 Å². The predicted octanol–water partition coefficient (Wildman–Crippen LogP) is 5.25. The minimum Gasteiger partial charge on any atom is -0.454 e. The van der Waals surface area contributed by atoms with Crippen LogP contribution in [0, 0.1) is 22.7 Å². The summed E-state index contributed by atoms with van der Waals surface area (Å²) < 4.78 is 10.7. The van der Waals surface area contributed by atoms with Crippen molar-refractivity contribution in [3.8, 4) is 17.6 Å². The average Bonchev–Trinajstić information content (AvgIpc) is 3.21. The van der Waals surface area contributed by atoms with Crippen molar-refractivity contribution >= 4 is 22.6 Å². The molecular formula is C21H22N2O2S. The summed E-state index contributed by atoms with van der Waals surface area (Å²) in [5, 5.41) is 10.5. The van der Waals surface area contributed by atoms with Gasteiger partial charge in [-0.2, -0.15) is 5.26 Å². The first-order chi connectivity index (χ1) is 12.5. The van der Waals surface area contributed by atoms with Crippen LogP contribution in [0.4, 0.5) is 5.00 Å². The summed E-state index contributed by atoms with van der Waals surface area (Å²) in [7, 11) is 0. The van der Waals surface area contributed by atoms with Crippen molar-refractivity contribution in [1.29, 1.82) is 5.26 Å². The first-order valence-electron chi connectivity index (χ1n) is 8.94. The second kappa shape index (κ2) is 6.44. The molecule has 0 bridgehead atoms. The molecule has 0 fully saturated rings. The Labute approximate surface area is 158 Å². The quantitative estimate of drug-likeness (QED) is 0.682. The molecule has 0 N–H and O–H groups in total. The number of thiophene rings is 1. The minimum absolute atomic E-state index is 0.265. The number of hydrogen-bond donors (Lipinski definition) is 0. The topological polar surface area (TPSA) is 54.6 Å². The van der Waals surface area contributed by atoms with Crippen molar-refractivity contribution in [3.05, 3.63) is 39.8 Å². The molecule has 0 spiro atoms. The molecule has 134 valence electrons. The fraction of sp³-hybridized carbons (Fsp3) is 0.429. The Bertz CT molecular complexity index is 915. The van der Waals surface area contributed by atoms with Gasteiger partial charge in [0.25, 0.3) is 0 Å². The van der Waals surface area contributed by atoms with E-state index in [1.807, 2.05) is 18.2 Å². The smallest absolute Gasteiger partial charge is 0.231 e. The minimum atomic E-state index is 0.265. The van der Waals surface area contributed by atoms with Crippen LogP contribution in [-0.4, -0.2) is 13.0 Å². The van der Waals surface area contributed by atoms with E-state index in [1.165, 1.54) is 10.4 Å². The standard InChI is InChI=1S/C21H22N2O2S/c1-21(2,3)14-5-6-15-16(10-22)20(26-19(15)9-14)23-11-13-4-7-17-18(8-13)25-12-24-17/h4,7-8,11,14H,5-6,9,12H2,1-3H3/t14-/m1/s1. The van der Waals surface area contributed by atoms with Gasteiger partial charge in [-0.15, -0.1) is 11.3 Å². The van der Waals surface area contributed by atoms with E-state index < -0.39 is 0 Å². The number of hydrogen-bond acceptors (Lipinski definition) is 5. The van der Waals surface area contributed by atoms with Crippen LogP contribution in [0.25, 0.3) is 0 Å². The van der Waals surface area contributed by atoms with Gasteiger partial charge in [0.05, 0.1) is 5.56 Å². The van der Waals surface area contributed by atoms with Gasteiger partial charge in [0.15, 0.2) is 11.5 Å². The summed E-state index contributed by atoms with van der Waals surface area (Å²) in [4.78, 5) is 5.98. The Morgan fingerprint density at radius 2 is 2.08 bits per heavy atom. The van der Waals surface area contributed by atoms with Crippen LogP contribution >= 0.6 is 11.3 Å². The van der Waals surface area contributed by atoms with Gasteiger partial charge in [0.1, 0.15) is 11.1 Å². The van der Waals surface area contributed by atoms with Crippen molar-refractivity contribution in [2.24, 2.45) is 16.3 Å². The number of rotatable bonds is 2. The zero-order valence-electron chi connectivity index (χ0n) is 15.3. The Kier molecular flexibility index (Phi) is 4.24. The van der Waals surface area contributed by atoms with E-state index in [9.17, 15) is 5.26 Å². The van der Waals surface area contributed by atoms with Crippen LogP contribution in [-0.2, 0) is 12.8 Å². The number of fused-ring (bicyclic) bond motifs is 2. The summed E-state index contributed by atoms with van der Waals surface area (Å²) in [6.07, 6.45) is 4.99. The lowest BCUT2D eigenvalue weighted by Crippen LogP contribution is -2.26. The number of benzene rings is 1. The summed E-state index contributed by atoms with van der Waals surface area (Å²) in [6, 6.07) is 8.15. The third kappa shape index (κ3) is 3.10. The molecule has 0 radical (unpaired) electrons. The van der Waals surface area contributed by atoms with E-state index in [0.29, 0.717) is 11.3 Å². The highest BCUT2D eigenvalue weighted by molar-refractivity contribution is 7.16. The second-order valence-corrected chi connectivity index (χ2v) is 9.06. The maximum absolute atomic E-state index is 9.66. The van der Waals surface area contributed by atoms with Gasteiger partial charge >= 0.3 is 0 Å². The Hall–Kier alpha value is -2.32. The van der Waals surface area contributed by atoms with Crippen molar-refractivity contribution < 1.29 is 9.47 Å². The van der Waals surface area contributed by atoms with Gasteiger partial charge in [-0.1, -0.05) is 20.8 Å². The Morgan fingerprint density at radius 1 is 1.27 bits per heavy atom. The first kappa shape index (κ1) is 17.1. The largest absolute Gasteiger partial charge is 0.454 e. The molecule has 0 saturated heterocycles. The molecule has 1 aromatic carbocycles. The third-order valence-corrected chi connectivity index (χ3v) is 6.47. The van der Waals surface area contributed by atoms with Gasteiger partial charge in [-0.25, -0.2) is 4.99 Å². The van der Waals surface area contributed by atoms with Crippen molar-refractivity contribution in [1.82, 2.24) is 0 Å². The molecule has 1 aliphatic heterocycles. The van der Waals surface area contributed by atoms with Crippen LogP contribution in [0.15, 0.2) is 23.2 Å². The highest BCUT2D eigenvalue weighted by Gasteiger charge is 2.32. The molecule has 4 rings (SSSR count).